The average molecular weight is 632 g/mol. The number of rotatable bonds is 10. The number of sulfonamides is 1. The van der Waals surface area contributed by atoms with E-state index in [0.717, 1.165) is 14.3 Å². The van der Waals surface area contributed by atoms with E-state index in [1.54, 1.807) is 37.3 Å². The third-order valence-corrected chi connectivity index (χ3v) is 8.15. The van der Waals surface area contributed by atoms with Gasteiger partial charge >= 0.3 is 0 Å². The van der Waals surface area contributed by atoms with Crippen molar-refractivity contribution in [1.29, 1.82) is 0 Å². The Kier molecular flexibility index (Phi) is 9.69. The van der Waals surface area contributed by atoms with Gasteiger partial charge in [-0.1, -0.05) is 46.3 Å². The van der Waals surface area contributed by atoms with Crippen molar-refractivity contribution in [3.63, 3.8) is 0 Å². The van der Waals surface area contributed by atoms with Crippen molar-refractivity contribution < 1.29 is 22.9 Å². The first-order chi connectivity index (χ1) is 18.7. The Bertz CT molecular complexity index is 1470. The number of halogens is 1. The molecule has 3 rings (SSSR count). The van der Waals surface area contributed by atoms with Crippen LogP contribution in [0, 0.1) is 10.1 Å². The lowest BCUT2D eigenvalue weighted by molar-refractivity contribution is -0.384. The molecule has 3 aromatic rings. The molecule has 0 spiro atoms. The number of benzene rings is 3. The zero-order valence-electron chi connectivity index (χ0n) is 22.6. The molecule has 1 N–H and O–H groups in total. The van der Waals surface area contributed by atoms with Gasteiger partial charge in [0.25, 0.3) is 15.7 Å². The fourth-order valence-electron chi connectivity index (χ4n) is 3.88. The maximum Gasteiger partial charge on any atom is 0.269 e. The molecular weight excluding hydrogens is 600 g/mol. The van der Waals surface area contributed by atoms with Gasteiger partial charge in [-0.2, -0.15) is 0 Å². The Labute approximate surface area is 242 Å². The lowest BCUT2D eigenvalue weighted by atomic mass is 10.1. The molecule has 0 aromatic heterocycles. The quantitative estimate of drug-likeness (QED) is 0.251. The van der Waals surface area contributed by atoms with Gasteiger partial charge in [-0.3, -0.25) is 24.0 Å². The van der Waals surface area contributed by atoms with Crippen LogP contribution in [0.4, 0.5) is 11.4 Å². The topological polar surface area (TPSA) is 130 Å². The van der Waals surface area contributed by atoms with Crippen LogP contribution in [-0.2, 0) is 26.2 Å². The molecule has 212 valence electrons. The van der Waals surface area contributed by atoms with Crippen LogP contribution in [0.1, 0.15) is 33.3 Å². The molecule has 0 saturated heterocycles. The minimum atomic E-state index is -4.26. The van der Waals surface area contributed by atoms with Crippen LogP contribution in [0.2, 0.25) is 0 Å². The number of carbonyl (C=O) groups is 2. The molecule has 1 atom stereocenters. The average Bonchev–Trinajstić information content (AvgIpc) is 2.89. The highest BCUT2D eigenvalue weighted by Crippen LogP contribution is 2.26. The molecule has 0 unspecified atom stereocenters. The van der Waals surface area contributed by atoms with Crippen LogP contribution >= 0.6 is 15.9 Å². The Morgan fingerprint density at radius 2 is 1.62 bits per heavy atom. The molecule has 2 amide bonds. The highest BCUT2D eigenvalue weighted by molar-refractivity contribution is 9.10. The standard InChI is InChI=1S/C28H31BrN4O6S/c1-20(27(35)30-28(2,3)4)31(18-21-9-8-10-22(29)17-21)26(34)19-32(23-13-15-24(16-14-23)33(36)37)40(38,39)25-11-6-5-7-12-25/h5-17,20H,18-19H2,1-4H3,(H,30,35)/t20-/m0/s1. The second-order valence-electron chi connectivity index (χ2n) is 10.2. The Hall–Kier alpha value is -3.77. The van der Waals surface area contributed by atoms with Gasteiger partial charge in [0.15, 0.2) is 0 Å². The predicted molar refractivity (Wildman–Crippen MR) is 156 cm³/mol. The predicted octanol–water partition coefficient (Wildman–Crippen LogP) is 4.88. The van der Waals surface area contributed by atoms with E-state index in [1.807, 2.05) is 32.9 Å². The second-order valence-corrected chi connectivity index (χ2v) is 12.9. The van der Waals surface area contributed by atoms with Gasteiger partial charge in [0.1, 0.15) is 12.6 Å². The van der Waals surface area contributed by atoms with Gasteiger partial charge in [0.2, 0.25) is 11.8 Å². The molecule has 0 aliphatic heterocycles. The molecule has 3 aromatic carbocycles. The largest absolute Gasteiger partial charge is 0.350 e. The lowest BCUT2D eigenvalue weighted by Gasteiger charge is -2.33. The first-order valence-electron chi connectivity index (χ1n) is 12.4. The molecule has 10 nitrogen and oxygen atoms in total. The maximum absolute atomic E-state index is 13.9. The summed E-state index contributed by atoms with van der Waals surface area (Å²) in [7, 11) is -4.26. The number of hydrogen-bond donors (Lipinski definition) is 1. The summed E-state index contributed by atoms with van der Waals surface area (Å²) in [6.07, 6.45) is 0. The number of amides is 2. The van der Waals surface area contributed by atoms with Gasteiger partial charge < -0.3 is 10.2 Å². The molecule has 0 fully saturated rings. The summed E-state index contributed by atoms with van der Waals surface area (Å²) in [6, 6.07) is 18.8. The molecular formula is C28H31BrN4O6S. The van der Waals surface area contributed by atoms with Crippen LogP contribution in [0.15, 0.2) is 88.2 Å². The fourth-order valence-corrected chi connectivity index (χ4v) is 5.76. The maximum atomic E-state index is 13.9. The van der Waals surface area contributed by atoms with Crippen molar-refractivity contribution >= 4 is 49.1 Å². The normalized spacial score (nSPS) is 12.3. The fraction of sp³-hybridized carbons (Fsp3) is 0.286. The van der Waals surface area contributed by atoms with E-state index < -0.39 is 44.9 Å². The third-order valence-electron chi connectivity index (χ3n) is 5.87. The Morgan fingerprint density at radius 1 is 1.00 bits per heavy atom. The lowest BCUT2D eigenvalue weighted by Crippen LogP contribution is -2.54. The first kappa shape index (κ1) is 30.8. The monoisotopic (exact) mass is 630 g/mol. The van der Waals surface area contributed by atoms with Crippen molar-refractivity contribution in [3.05, 3.63) is 99.0 Å². The van der Waals surface area contributed by atoms with Crippen LogP contribution in [0.5, 0.6) is 0 Å². The molecule has 0 bridgehead atoms. The molecule has 0 radical (unpaired) electrons. The van der Waals surface area contributed by atoms with Crippen molar-refractivity contribution in [2.24, 2.45) is 0 Å². The summed E-state index contributed by atoms with van der Waals surface area (Å²) in [4.78, 5) is 38.9. The van der Waals surface area contributed by atoms with Gasteiger partial charge in [-0.05, 0) is 69.7 Å². The number of hydrogen-bond acceptors (Lipinski definition) is 6. The SMILES string of the molecule is C[C@@H](C(=O)NC(C)(C)C)N(Cc1cccc(Br)c1)C(=O)CN(c1ccc([N+](=O)[O-])cc1)S(=O)(=O)c1ccccc1. The Balaban J connectivity index is 2.05. The van der Waals surface area contributed by atoms with E-state index in [-0.39, 0.29) is 22.8 Å². The number of non-ortho nitro benzene ring substituents is 1. The third kappa shape index (κ3) is 7.89. The van der Waals surface area contributed by atoms with E-state index in [1.165, 1.54) is 41.3 Å². The number of carbonyl (C=O) groups excluding carboxylic acids is 2. The van der Waals surface area contributed by atoms with Gasteiger partial charge in [-0.15, -0.1) is 0 Å². The number of anilines is 1. The van der Waals surface area contributed by atoms with Crippen molar-refractivity contribution in [1.82, 2.24) is 10.2 Å². The van der Waals surface area contributed by atoms with Crippen LogP contribution in [-0.4, -0.2) is 48.2 Å². The van der Waals surface area contributed by atoms with Gasteiger partial charge in [-0.25, -0.2) is 8.42 Å². The summed E-state index contributed by atoms with van der Waals surface area (Å²) < 4.78 is 29.2. The molecule has 0 aliphatic carbocycles. The van der Waals surface area contributed by atoms with E-state index >= 15 is 0 Å². The minimum Gasteiger partial charge on any atom is -0.350 e. The smallest absolute Gasteiger partial charge is 0.269 e. The van der Waals surface area contributed by atoms with Crippen LogP contribution in [0.3, 0.4) is 0 Å². The number of nitrogens with zero attached hydrogens (tertiary/aromatic N) is 3. The van der Waals surface area contributed by atoms with Gasteiger partial charge in [0, 0.05) is 28.7 Å². The second kappa shape index (κ2) is 12.6. The highest BCUT2D eigenvalue weighted by atomic mass is 79.9. The zero-order chi connectivity index (χ0) is 29.7. The van der Waals surface area contributed by atoms with Gasteiger partial charge in [0.05, 0.1) is 15.5 Å². The Morgan fingerprint density at radius 3 is 2.17 bits per heavy atom. The number of nitrogens with one attached hydrogen (secondary N) is 1. The van der Waals surface area contributed by atoms with Crippen molar-refractivity contribution in [3.8, 4) is 0 Å². The van der Waals surface area contributed by atoms with E-state index in [4.69, 9.17) is 0 Å². The summed E-state index contributed by atoms with van der Waals surface area (Å²) >= 11 is 3.42. The van der Waals surface area contributed by atoms with Crippen LogP contribution < -0.4 is 9.62 Å². The minimum absolute atomic E-state index is 0.0382. The molecule has 0 saturated carbocycles. The highest BCUT2D eigenvalue weighted by Gasteiger charge is 2.33. The molecule has 0 aliphatic rings. The van der Waals surface area contributed by atoms with Crippen molar-refractivity contribution in [2.75, 3.05) is 10.8 Å². The van der Waals surface area contributed by atoms with Crippen molar-refractivity contribution in [2.45, 2.75) is 50.7 Å². The summed E-state index contributed by atoms with van der Waals surface area (Å²) in [5, 5.41) is 14.0. The molecule has 12 heteroatoms. The first-order valence-corrected chi connectivity index (χ1v) is 14.6. The molecule has 0 heterocycles. The number of nitro benzene ring substituents is 1. The van der Waals surface area contributed by atoms with E-state index in [9.17, 15) is 28.1 Å². The molecule has 40 heavy (non-hydrogen) atoms. The zero-order valence-corrected chi connectivity index (χ0v) is 25.0. The summed E-state index contributed by atoms with van der Waals surface area (Å²) in [6.45, 7) is 6.44. The summed E-state index contributed by atoms with van der Waals surface area (Å²) in [5.41, 5.74) is 0.0101. The summed E-state index contributed by atoms with van der Waals surface area (Å²) in [5.74, 6) is -1.03. The number of nitro groups is 1. The van der Waals surface area contributed by atoms with Crippen LogP contribution in [0.25, 0.3) is 0 Å². The van der Waals surface area contributed by atoms with E-state index in [0.29, 0.717) is 0 Å². The van der Waals surface area contributed by atoms with E-state index in [2.05, 4.69) is 21.2 Å².